The molecule has 2 aliphatic rings. The van der Waals surface area contributed by atoms with Gasteiger partial charge in [0.25, 0.3) is 0 Å². The minimum atomic E-state index is -0.405. The minimum absolute atomic E-state index is 0.364. The predicted octanol–water partition coefficient (Wildman–Crippen LogP) is 3.43. The fourth-order valence-corrected chi connectivity index (χ4v) is 4.92. The zero-order chi connectivity index (χ0) is 24.7. The lowest BCUT2D eigenvalue weighted by Crippen LogP contribution is -2.49. The first kappa shape index (κ1) is 26.0. The van der Waals surface area contributed by atoms with E-state index in [0.29, 0.717) is 54.5 Å². The van der Waals surface area contributed by atoms with Crippen LogP contribution in [0.25, 0.3) is 11.3 Å². The number of rotatable bonds is 10. The molecule has 1 aliphatic heterocycles. The Hall–Kier alpha value is -2.04. The van der Waals surface area contributed by atoms with Crippen molar-refractivity contribution in [3.8, 4) is 17.1 Å². The van der Waals surface area contributed by atoms with Gasteiger partial charge in [0.15, 0.2) is 0 Å². The van der Waals surface area contributed by atoms with Crippen molar-refractivity contribution in [1.82, 2.24) is 20.3 Å². The maximum Gasteiger partial charge on any atom is 0.232 e. The second-order valence-corrected chi connectivity index (χ2v) is 10.2. The molecule has 0 aromatic carbocycles. The smallest absolute Gasteiger partial charge is 0.232 e. The summed E-state index contributed by atoms with van der Waals surface area (Å²) in [5.41, 5.74) is 7.43. The number of nitrogens with one attached hydrogen (secondary N) is 2. The molecule has 0 radical (unpaired) electrons. The highest BCUT2D eigenvalue weighted by Crippen LogP contribution is 2.30. The maximum atomic E-state index is 6.49. The second kappa shape index (κ2) is 12.3. The minimum Gasteiger partial charge on any atom is -0.475 e. The van der Waals surface area contributed by atoms with Crippen molar-refractivity contribution < 1.29 is 14.2 Å². The van der Waals surface area contributed by atoms with Crippen LogP contribution in [0, 0.1) is 0 Å². The Labute approximate surface area is 212 Å². The molecule has 2 fully saturated rings. The van der Waals surface area contributed by atoms with Gasteiger partial charge in [0.2, 0.25) is 5.88 Å². The highest BCUT2D eigenvalue weighted by molar-refractivity contribution is 6.33. The highest BCUT2D eigenvalue weighted by atomic mass is 35.5. The maximum absolute atomic E-state index is 6.49. The largest absolute Gasteiger partial charge is 0.475 e. The predicted molar refractivity (Wildman–Crippen MR) is 137 cm³/mol. The Morgan fingerprint density at radius 2 is 1.91 bits per heavy atom. The third-order valence-electron chi connectivity index (χ3n) is 6.76. The van der Waals surface area contributed by atoms with Crippen molar-refractivity contribution in [1.29, 1.82) is 0 Å². The van der Waals surface area contributed by atoms with Gasteiger partial charge in [0.05, 0.1) is 35.3 Å². The zero-order valence-electron chi connectivity index (χ0n) is 20.6. The number of halogens is 1. The molecule has 0 spiro atoms. The molecule has 1 saturated heterocycles. The second-order valence-electron chi connectivity index (χ2n) is 9.77. The third-order valence-corrected chi connectivity index (χ3v) is 7.06. The van der Waals surface area contributed by atoms with Crippen LogP contribution in [0.1, 0.15) is 45.4 Å². The SMILES string of the molecule is COC[C@H](C)N[C@H]1CC[C@H](Nc2cc(-c3cncc(OCC4(N)CCOCC4)n3)c(Cl)cn2)CC1. The van der Waals surface area contributed by atoms with E-state index < -0.39 is 5.54 Å². The van der Waals surface area contributed by atoms with Crippen LogP contribution in [0.3, 0.4) is 0 Å². The summed E-state index contributed by atoms with van der Waals surface area (Å²) in [5.74, 6) is 1.21. The van der Waals surface area contributed by atoms with Crippen LogP contribution in [0.4, 0.5) is 5.82 Å². The molecule has 1 atom stereocenters. The first-order valence-electron chi connectivity index (χ1n) is 12.4. The molecule has 0 bridgehead atoms. The Morgan fingerprint density at radius 3 is 2.66 bits per heavy atom. The summed E-state index contributed by atoms with van der Waals surface area (Å²) in [6.07, 6.45) is 10.8. The van der Waals surface area contributed by atoms with Crippen LogP contribution in [0.5, 0.6) is 5.88 Å². The molecule has 1 aliphatic carbocycles. The number of methoxy groups -OCH3 is 1. The molecular formula is C25H37ClN6O3. The van der Waals surface area contributed by atoms with E-state index in [1.807, 2.05) is 6.07 Å². The third kappa shape index (κ3) is 7.47. The van der Waals surface area contributed by atoms with E-state index in [0.717, 1.165) is 56.5 Å². The van der Waals surface area contributed by atoms with Gasteiger partial charge in [-0.15, -0.1) is 0 Å². The van der Waals surface area contributed by atoms with Crippen LogP contribution >= 0.6 is 11.6 Å². The Bertz CT molecular complexity index is 951. The first-order valence-corrected chi connectivity index (χ1v) is 12.8. The number of aromatic nitrogens is 3. The topological polar surface area (TPSA) is 116 Å². The van der Waals surface area contributed by atoms with Crippen LogP contribution in [-0.2, 0) is 9.47 Å². The van der Waals surface area contributed by atoms with Gasteiger partial charge in [-0.1, -0.05) is 11.6 Å². The van der Waals surface area contributed by atoms with Crippen molar-refractivity contribution in [3.05, 3.63) is 29.7 Å². The summed E-state index contributed by atoms with van der Waals surface area (Å²) in [6.45, 7) is 4.56. The average Bonchev–Trinajstić information content (AvgIpc) is 2.86. The molecule has 0 unspecified atom stereocenters. The molecule has 0 amide bonds. The Balaban J connectivity index is 1.36. The van der Waals surface area contributed by atoms with Crippen molar-refractivity contribution in [3.63, 3.8) is 0 Å². The van der Waals surface area contributed by atoms with Gasteiger partial charge in [0, 0.05) is 50.2 Å². The van der Waals surface area contributed by atoms with Crippen LogP contribution in [0.15, 0.2) is 24.7 Å². The van der Waals surface area contributed by atoms with Gasteiger partial charge in [-0.05, 0) is 51.5 Å². The Kier molecular flexibility index (Phi) is 9.13. The lowest BCUT2D eigenvalue weighted by Gasteiger charge is -2.32. The summed E-state index contributed by atoms with van der Waals surface area (Å²) in [7, 11) is 1.74. The number of ether oxygens (including phenoxy) is 3. The van der Waals surface area contributed by atoms with Gasteiger partial charge in [-0.3, -0.25) is 4.98 Å². The van der Waals surface area contributed by atoms with E-state index in [2.05, 4.69) is 32.5 Å². The van der Waals surface area contributed by atoms with E-state index in [9.17, 15) is 0 Å². The summed E-state index contributed by atoms with van der Waals surface area (Å²) in [4.78, 5) is 13.4. The molecule has 4 N–H and O–H groups in total. The van der Waals surface area contributed by atoms with E-state index in [1.54, 1.807) is 25.7 Å². The quantitative estimate of drug-likeness (QED) is 0.447. The molecule has 1 saturated carbocycles. The molecule has 9 nitrogen and oxygen atoms in total. The van der Waals surface area contributed by atoms with E-state index in [4.69, 9.17) is 31.5 Å². The van der Waals surface area contributed by atoms with E-state index in [1.165, 1.54) is 0 Å². The van der Waals surface area contributed by atoms with Gasteiger partial charge in [-0.2, -0.15) is 0 Å². The lowest BCUT2D eigenvalue weighted by molar-refractivity contribution is 0.0335. The molecule has 3 heterocycles. The molecule has 2 aromatic heterocycles. The van der Waals surface area contributed by atoms with Crippen molar-refractivity contribution in [2.75, 3.05) is 38.9 Å². The first-order chi connectivity index (χ1) is 16.9. The normalized spacial score (nSPS) is 23.0. The number of nitrogens with zero attached hydrogens (tertiary/aromatic N) is 3. The number of hydrogen-bond acceptors (Lipinski definition) is 9. The van der Waals surface area contributed by atoms with Gasteiger partial charge >= 0.3 is 0 Å². The summed E-state index contributed by atoms with van der Waals surface area (Å²) in [5, 5.41) is 7.74. The van der Waals surface area contributed by atoms with Gasteiger partial charge in [0.1, 0.15) is 12.4 Å². The molecule has 4 rings (SSSR count). The van der Waals surface area contributed by atoms with Crippen molar-refractivity contribution >= 4 is 17.4 Å². The fourth-order valence-electron chi connectivity index (χ4n) is 4.72. The highest BCUT2D eigenvalue weighted by Gasteiger charge is 2.29. The summed E-state index contributed by atoms with van der Waals surface area (Å²) < 4.78 is 16.6. The number of anilines is 1. The molecule has 10 heteroatoms. The van der Waals surface area contributed by atoms with Gasteiger partial charge in [-0.25, -0.2) is 9.97 Å². The van der Waals surface area contributed by atoms with Crippen molar-refractivity contribution in [2.24, 2.45) is 5.73 Å². The lowest BCUT2D eigenvalue weighted by atomic mass is 9.90. The number of pyridine rings is 1. The monoisotopic (exact) mass is 504 g/mol. The summed E-state index contributed by atoms with van der Waals surface area (Å²) in [6, 6.07) is 3.19. The molecule has 192 valence electrons. The molecule has 35 heavy (non-hydrogen) atoms. The summed E-state index contributed by atoms with van der Waals surface area (Å²) >= 11 is 6.49. The van der Waals surface area contributed by atoms with Crippen LogP contribution < -0.4 is 21.1 Å². The molecule has 2 aromatic rings. The Morgan fingerprint density at radius 1 is 1.17 bits per heavy atom. The van der Waals surface area contributed by atoms with Crippen LogP contribution in [0.2, 0.25) is 5.02 Å². The van der Waals surface area contributed by atoms with Crippen molar-refractivity contribution in [2.45, 2.75) is 69.1 Å². The average molecular weight is 505 g/mol. The standard InChI is InChI=1S/C25H37ClN6O3/c1-17(15-33-2)30-18-3-5-19(6-4-18)31-23-11-20(21(26)12-29-23)22-13-28-14-24(32-22)35-16-25(27)7-9-34-10-8-25/h11-14,17-19,30H,3-10,15-16,27H2,1-2H3,(H,29,31)/t17-,18-,19-/m0/s1. The fraction of sp³-hybridized carbons (Fsp3) is 0.640. The number of hydrogen-bond donors (Lipinski definition) is 3. The zero-order valence-corrected chi connectivity index (χ0v) is 21.4. The van der Waals surface area contributed by atoms with E-state index >= 15 is 0 Å². The van der Waals surface area contributed by atoms with Crippen LogP contribution in [-0.4, -0.2) is 72.2 Å². The van der Waals surface area contributed by atoms with Gasteiger partial charge < -0.3 is 30.6 Å². The molecular weight excluding hydrogens is 468 g/mol. The number of nitrogens with two attached hydrogens (primary N) is 1. The van der Waals surface area contributed by atoms with E-state index in [-0.39, 0.29) is 0 Å².